The minimum absolute atomic E-state index is 0.0541. The summed E-state index contributed by atoms with van der Waals surface area (Å²) in [7, 11) is 0. The molecular weight excluding hydrogens is 406 g/mol. The zero-order chi connectivity index (χ0) is 22.3. The fourth-order valence-electron chi connectivity index (χ4n) is 2.84. The van der Waals surface area contributed by atoms with Crippen LogP contribution >= 0.6 is 11.3 Å². The first-order chi connectivity index (χ1) is 14.4. The van der Waals surface area contributed by atoms with Gasteiger partial charge in [0.25, 0.3) is 0 Å². The predicted molar refractivity (Wildman–Crippen MR) is 115 cm³/mol. The lowest BCUT2D eigenvalue weighted by molar-refractivity contribution is -0.146. The third kappa shape index (κ3) is 4.88. The van der Waals surface area contributed by atoms with E-state index in [0.29, 0.717) is 5.56 Å². The van der Waals surface area contributed by atoms with Gasteiger partial charge < -0.3 is 19.9 Å². The monoisotopic (exact) mass is 431 g/mol. The molecule has 30 heavy (non-hydrogen) atoms. The maximum absolute atomic E-state index is 12.7. The molecule has 1 aromatic carbocycles. The largest absolute Gasteiger partial charge is 0.462 e. The number of hydrogen-bond acceptors (Lipinski definition) is 8. The smallest absolute Gasteiger partial charge is 0.347 e. The minimum atomic E-state index is -0.907. The van der Waals surface area contributed by atoms with E-state index in [1.165, 1.54) is 11.3 Å². The van der Waals surface area contributed by atoms with E-state index in [4.69, 9.17) is 19.9 Å². The summed E-state index contributed by atoms with van der Waals surface area (Å²) in [5.74, 6) is -2.40. The lowest BCUT2D eigenvalue weighted by Gasteiger charge is -2.11. The molecule has 0 unspecified atom stereocenters. The van der Waals surface area contributed by atoms with E-state index in [2.05, 4.69) is 0 Å². The molecule has 2 aromatic rings. The SMILES string of the molecule is CCOC(=O)C(C(=O)OCC)=C(N)c1sc(-c2ccccc2)c(C)c1C(=O)OCC. The second kappa shape index (κ2) is 10.6. The zero-order valence-corrected chi connectivity index (χ0v) is 18.3. The number of esters is 3. The van der Waals surface area contributed by atoms with Crippen LogP contribution in [0.1, 0.15) is 41.6 Å². The number of hydrogen-bond donors (Lipinski definition) is 1. The molecule has 2 rings (SSSR count). The van der Waals surface area contributed by atoms with Crippen molar-refractivity contribution < 1.29 is 28.6 Å². The molecule has 0 spiro atoms. The molecule has 0 amide bonds. The molecule has 0 saturated heterocycles. The Bertz CT molecular complexity index is 942. The van der Waals surface area contributed by atoms with Crippen molar-refractivity contribution in [2.75, 3.05) is 19.8 Å². The summed E-state index contributed by atoms with van der Waals surface area (Å²) in [6, 6.07) is 9.43. The molecule has 0 bridgehead atoms. The Balaban J connectivity index is 2.77. The van der Waals surface area contributed by atoms with Crippen LogP contribution < -0.4 is 5.73 Å². The first kappa shape index (κ1) is 23.2. The molecule has 0 radical (unpaired) electrons. The average Bonchev–Trinajstić information content (AvgIpc) is 3.06. The maximum atomic E-state index is 12.7. The number of benzene rings is 1. The van der Waals surface area contributed by atoms with E-state index in [1.54, 1.807) is 27.7 Å². The fourth-order valence-corrected chi connectivity index (χ4v) is 4.10. The van der Waals surface area contributed by atoms with Crippen molar-refractivity contribution in [1.82, 2.24) is 0 Å². The fraction of sp³-hybridized carbons (Fsp3) is 0.318. The molecule has 160 valence electrons. The molecule has 0 saturated carbocycles. The van der Waals surface area contributed by atoms with Crippen molar-refractivity contribution in [3.63, 3.8) is 0 Å². The van der Waals surface area contributed by atoms with Gasteiger partial charge in [0.1, 0.15) is 0 Å². The van der Waals surface area contributed by atoms with Crippen molar-refractivity contribution in [1.29, 1.82) is 0 Å². The summed E-state index contributed by atoms with van der Waals surface area (Å²) in [6.07, 6.45) is 0. The number of ether oxygens (including phenoxy) is 3. The Morgan fingerprint density at radius 2 is 1.43 bits per heavy atom. The van der Waals surface area contributed by atoms with Crippen LogP contribution in [0.3, 0.4) is 0 Å². The Hall–Kier alpha value is -3.13. The van der Waals surface area contributed by atoms with Crippen molar-refractivity contribution in [3.8, 4) is 10.4 Å². The zero-order valence-electron chi connectivity index (χ0n) is 17.4. The van der Waals surface area contributed by atoms with Gasteiger partial charge in [-0.15, -0.1) is 11.3 Å². The van der Waals surface area contributed by atoms with Crippen LogP contribution in [0.15, 0.2) is 35.9 Å². The Kier molecular flexibility index (Phi) is 8.17. The van der Waals surface area contributed by atoms with Gasteiger partial charge in [-0.3, -0.25) is 0 Å². The Labute approximate surface area is 179 Å². The van der Waals surface area contributed by atoms with Crippen molar-refractivity contribution in [2.24, 2.45) is 5.73 Å². The first-order valence-electron chi connectivity index (χ1n) is 9.57. The van der Waals surface area contributed by atoms with E-state index >= 15 is 0 Å². The van der Waals surface area contributed by atoms with E-state index in [9.17, 15) is 14.4 Å². The van der Waals surface area contributed by atoms with Crippen LogP contribution in [0.2, 0.25) is 0 Å². The lowest BCUT2D eigenvalue weighted by atomic mass is 10.0. The van der Waals surface area contributed by atoms with Crippen LogP contribution in [-0.4, -0.2) is 37.7 Å². The average molecular weight is 432 g/mol. The molecule has 1 aromatic heterocycles. The highest BCUT2D eigenvalue weighted by Gasteiger charge is 2.31. The van der Waals surface area contributed by atoms with Crippen LogP contribution in [-0.2, 0) is 23.8 Å². The van der Waals surface area contributed by atoms with Crippen molar-refractivity contribution in [2.45, 2.75) is 27.7 Å². The van der Waals surface area contributed by atoms with E-state index in [-0.39, 0.29) is 36.0 Å². The standard InChI is InChI=1S/C22H25NO6S/c1-5-27-20(24)15-13(4)18(14-11-9-8-10-12-14)30-19(15)17(23)16(21(25)28-6-2)22(26)29-7-3/h8-12H,5-7,23H2,1-4H3. The summed E-state index contributed by atoms with van der Waals surface area (Å²) in [6.45, 7) is 6.97. The highest BCUT2D eigenvalue weighted by atomic mass is 32.1. The van der Waals surface area contributed by atoms with E-state index in [0.717, 1.165) is 10.4 Å². The summed E-state index contributed by atoms with van der Waals surface area (Å²) in [4.78, 5) is 38.7. The highest BCUT2D eigenvalue weighted by Crippen LogP contribution is 2.39. The van der Waals surface area contributed by atoms with Gasteiger partial charge in [-0.25, -0.2) is 14.4 Å². The highest BCUT2D eigenvalue weighted by molar-refractivity contribution is 7.17. The number of carbonyl (C=O) groups is 3. The predicted octanol–water partition coefficient (Wildman–Crippen LogP) is 3.70. The number of rotatable bonds is 8. The molecule has 1 heterocycles. The molecule has 0 fully saturated rings. The summed E-state index contributed by atoms with van der Waals surface area (Å²) >= 11 is 1.20. The topological polar surface area (TPSA) is 105 Å². The van der Waals surface area contributed by atoms with Crippen LogP contribution in [0.5, 0.6) is 0 Å². The van der Waals surface area contributed by atoms with Crippen LogP contribution in [0.25, 0.3) is 16.1 Å². The van der Waals surface area contributed by atoms with Gasteiger partial charge in [0.2, 0.25) is 0 Å². The quantitative estimate of drug-likeness (QED) is 0.223. The first-order valence-corrected chi connectivity index (χ1v) is 10.4. The molecule has 0 atom stereocenters. The number of thiophene rings is 1. The number of carbonyl (C=O) groups excluding carboxylic acids is 3. The van der Waals surface area contributed by atoms with Gasteiger partial charge in [-0.1, -0.05) is 30.3 Å². The van der Waals surface area contributed by atoms with Gasteiger partial charge in [0, 0.05) is 4.88 Å². The normalized spacial score (nSPS) is 10.3. The maximum Gasteiger partial charge on any atom is 0.347 e. The van der Waals surface area contributed by atoms with Gasteiger partial charge in [-0.2, -0.15) is 0 Å². The molecule has 7 nitrogen and oxygen atoms in total. The molecular formula is C22H25NO6S. The van der Waals surface area contributed by atoms with Crippen LogP contribution in [0.4, 0.5) is 0 Å². The molecule has 0 aliphatic heterocycles. The second-order valence-electron chi connectivity index (χ2n) is 6.08. The Morgan fingerprint density at radius 3 is 1.93 bits per heavy atom. The van der Waals surface area contributed by atoms with E-state index < -0.39 is 23.5 Å². The third-order valence-electron chi connectivity index (χ3n) is 4.14. The van der Waals surface area contributed by atoms with Gasteiger partial charge >= 0.3 is 17.9 Å². The van der Waals surface area contributed by atoms with Crippen molar-refractivity contribution >= 4 is 34.9 Å². The molecule has 0 aliphatic carbocycles. The van der Waals surface area contributed by atoms with Gasteiger partial charge in [-0.05, 0) is 38.8 Å². The lowest BCUT2D eigenvalue weighted by Crippen LogP contribution is -2.23. The van der Waals surface area contributed by atoms with Crippen LogP contribution in [0, 0.1) is 6.92 Å². The van der Waals surface area contributed by atoms with Crippen molar-refractivity contribution in [3.05, 3.63) is 51.9 Å². The summed E-state index contributed by atoms with van der Waals surface area (Å²) in [5, 5.41) is 0. The molecule has 8 heteroatoms. The Morgan fingerprint density at radius 1 is 0.900 bits per heavy atom. The number of nitrogens with two attached hydrogens (primary N) is 1. The molecule has 2 N–H and O–H groups in total. The third-order valence-corrected chi connectivity index (χ3v) is 5.51. The summed E-state index contributed by atoms with van der Waals surface area (Å²) in [5.41, 5.74) is 7.40. The van der Waals surface area contributed by atoms with E-state index in [1.807, 2.05) is 30.3 Å². The van der Waals surface area contributed by atoms with Gasteiger partial charge in [0.05, 0.1) is 36.0 Å². The minimum Gasteiger partial charge on any atom is -0.462 e. The second-order valence-corrected chi connectivity index (χ2v) is 7.10. The van der Waals surface area contributed by atoms with Gasteiger partial charge in [0.15, 0.2) is 5.57 Å². The summed E-state index contributed by atoms with van der Waals surface area (Å²) < 4.78 is 15.2. The molecule has 0 aliphatic rings.